The van der Waals surface area contributed by atoms with Gasteiger partial charge in [0.15, 0.2) is 0 Å². The van der Waals surface area contributed by atoms with Crippen molar-refractivity contribution in [3.8, 4) is 0 Å². The van der Waals surface area contributed by atoms with Crippen LogP contribution in [0.3, 0.4) is 0 Å². The average molecular weight is 602 g/mol. The molecule has 3 fully saturated rings. The van der Waals surface area contributed by atoms with Gasteiger partial charge in [-0.15, -0.1) is 0 Å². The van der Waals surface area contributed by atoms with Crippen LogP contribution in [0.1, 0.15) is 41.2 Å². The number of esters is 2. The van der Waals surface area contributed by atoms with Gasteiger partial charge < -0.3 is 23.8 Å². The van der Waals surface area contributed by atoms with E-state index < -0.39 is 59.1 Å². The summed E-state index contributed by atoms with van der Waals surface area (Å²) >= 11 is 0. The monoisotopic (exact) mass is 602 g/mol. The molecule has 0 bridgehead atoms. The molecular formula is C27H24F6N2O7. The minimum absolute atomic E-state index is 0.0226. The number of amides is 1. The van der Waals surface area contributed by atoms with E-state index in [2.05, 4.69) is 0 Å². The smallest absolute Gasteiger partial charge is 0.422 e. The number of fused-ring (bicyclic) bond motifs is 1. The van der Waals surface area contributed by atoms with Crippen LogP contribution in [0.5, 0.6) is 0 Å². The summed E-state index contributed by atoms with van der Waals surface area (Å²) in [5.74, 6) is -4.56. The Balaban J connectivity index is 1.30. The summed E-state index contributed by atoms with van der Waals surface area (Å²) in [5.41, 5.74) is -3.36. The van der Waals surface area contributed by atoms with Crippen LogP contribution in [0, 0.1) is 0 Å². The first kappa shape index (κ1) is 29.6. The molecule has 15 heteroatoms. The third kappa shape index (κ3) is 5.26. The van der Waals surface area contributed by atoms with E-state index in [0.717, 1.165) is 41.3 Å². The lowest BCUT2D eigenvalue weighted by Crippen LogP contribution is -2.62. The molecule has 2 spiro atoms. The molecule has 2 aromatic rings. The van der Waals surface area contributed by atoms with Crippen LogP contribution in [-0.4, -0.2) is 72.6 Å². The maximum atomic E-state index is 13.4. The van der Waals surface area contributed by atoms with Gasteiger partial charge in [-0.3, -0.25) is 0 Å². The number of nitrogens with zero attached hydrogens (tertiary/aromatic N) is 2. The van der Waals surface area contributed by atoms with Crippen molar-refractivity contribution in [3.05, 3.63) is 70.8 Å². The Morgan fingerprint density at radius 1 is 0.833 bits per heavy atom. The second-order valence-electron chi connectivity index (χ2n) is 10.1. The highest BCUT2D eigenvalue weighted by Crippen LogP contribution is 2.49. The largest absolute Gasteiger partial charge is 0.432 e. The fraction of sp³-hybridized carbons (Fsp3) is 0.444. The topological polar surface area (TPSA) is 94.6 Å². The molecule has 3 aliphatic rings. The number of halogens is 6. The lowest BCUT2D eigenvalue weighted by molar-refractivity contribution is -0.283. The molecule has 5 rings (SSSR count). The Morgan fingerprint density at radius 2 is 1.33 bits per heavy atom. The molecule has 0 N–H and O–H groups in total. The number of alkyl halides is 6. The number of likely N-dealkylation sites (tertiary alicyclic amines) is 1. The van der Waals surface area contributed by atoms with Gasteiger partial charge in [0.1, 0.15) is 6.10 Å². The highest BCUT2D eigenvalue weighted by Gasteiger charge is 2.74. The first-order valence-electron chi connectivity index (χ1n) is 12.8. The predicted octanol–water partition coefficient (Wildman–Crippen LogP) is 4.50. The average Bonchev–Trinajstić information content (AvgIpc) is 3.34. The van der Waals surface area contributed by atoms with Gasteiger partial charge in [-0.1, -0.05) is 24.3 Å². The van der Waals surface area contributed by atoms with Crippen LogP contribution in [0.15, 0.2) is 48.5 Å². The quantitative estimate of drug-likeness (QED) is 0.271. The van der Waals surface area contributed by atoms with Crippen molar-refractivity contribution in [2.24, 2.45) is 0 Å². The molecule has 42 heavy (non-hydrogen) atoms. The summed E-state index contributed by atoms with van der Waals surface area (Å²) in [7, 11) is 1.27. The van der Waals surface area contributed by atoms with Gasteiger partial charge in [-0.2, -0.15) is 26.3 Å². The second kappa shape index (κ2) is 10.5. The fourth-order valence-electron chi connectivity index (χ4n) is 5.40. The molecule has 3 aliphatic heterocycles. The van der Waals surface area contributed by atoms with Gasteiger partial charge in [0.05, 0.1) is 17.7 Å². The lowest BCUT2D eigenvalue weighted by atomic mass is 9.87. The van der Waals surface area contributed by atoms with Crippen molar-refractivity contribution >= 4 is 18.0 Å². The SMILES string of the molecule is CN1C(=O)OC2(CCN(CCOC(c3cccc(C(F)(F)F)c3)c3cccc(C(F)(F)F)c3)CC2)C12OC(=O)C(=O)O2. The number of hydrogen-bond acceptors (Lipinski definition) is 8. The second-order valence-corrected chi connectivity index (χ2v) is 10.1. The molecule has 0 unspecified atom stereocenters. The summed E-state index contributed by atoms with van der Waals surface area (Å²) < 4.78 is 102. The molecule has 9 nitrogen and oxygen atoms in total. The summed E-state index contributed by atoms with van der Waals surface area (Å²) in [4.78, 5) is 38.8. The number of piperidine rings is 1. The van der Waals surface area contributed by atoms with E-state index >= 15 is 0 Å². The Bertz CT molecular complexity index is 1310. The normalized spacial score (nSPS) is 20.4. The predicted molar refractivity (Wildman–Crippen MR) is 128 cm³/mol. The van der Waals surface area contributed by atoms with Gasteiger partial charge >= 0.3 is 36.3 Å². The molecule has 3 heterocycles. The van der Waals surface area contributed by atoms with Crippen LogP contribution in [0.2, 0.25) is 0 Å². The summed E-state index contributed by atoms with van der Waals surface area (Å²) in [6, 6.07) is 8.40. The van der Waals surface area contributed by atoms with E-state index in [-0.39, 0.29) is 50.2 Å². The van der Waals surface area contributed by atoms with Crippen LogP contribution < -0.4 is 0 Å². The third-order valence-electron chi connectivity index (χ3n) is 7.59. The Labute approximate surface area is 234 Å². The molecule has 0 atom stereocenters. The zero-order chi connectivity index (χ0) is 30.5. The zero-order valence-electron chi connectivity index (χ0n) is 22.0. The fourth-order valence-corrected chi connectivity index (χ4v) is 5.40. The Kier molecular flexibility index (Phi) is 7.38. The van der Waals surface area contributed by atoms with E-state index in [9.17, 15) is 40.7 Å². The number of likely N-dealkylation sites (N-methyl/N-ethyl adjacent to an activating group) is 1. The van der Waals surface area contributed by atoms with Crippen LogP contribution in [0.25, 0.3) is 0 Å². The highest BCUT2D eigenvalue weighted by atomic mass is 19.4. The van der Waals surface area contributed by atoms with Crippen molar-refractivity contribution in [1.29, 1.82) is 0 Å². The molecule has 0 radical (unpaired) electrons. The molecular weight excluding hydrogens is 578 g/mol. The summed E-state index contributed by atoms with van der Waals surface area (Å²) in [6.45, 7) is 0.623. The number of hydrogen-bond donors (Lipinski definition) is 0. The van der Waals surface area contributed by atoms with E-state index in [1.807, 2.05) is 4.90 Å². The summed E-state index contributed by atoms with van der Waals surface area (Å²) in [6.07, 6.45) is -11.2. The minimum atomic E-state index is -4.67. The molecule has 1 amide bonds. The van der Waals surface area contributed by atoms with Gasteiger partial charge in [-0.25, -0.2) is 19.3 Å². The van der Waals surface area contributed by atoms with Crippen molar-refractivity contribution < 1.29 is 59.7 Å². The van der Waals surface area contributed by atoms with Crippen molar-refractivity contribution in [2.45, 2.75) is 42.8 Å². The van der Waals surface area contributed by atoms with Gasteiger partial charge in [0.25, 0.3) is 0 Å². The molecule has 3 saturated heterocycles. The first-order valence-corrected chi connectivity index (χ1v) is 12.8. The zero-order valence-corrected chi connectivity index (χ0v) is 22.0. The van der Waals surface area contributed by atoms with Crippen LogP contribution in [-0.2, 0) is 40.9 Å². The Hall–Kier alpha value is -3.85. The first-order chi connectivity index (χ1) is 19.7. The van der Waals surface area contributed by atoms with E-state index in [1.165, 1.54) is 19.2 Å². The van der Waals surface area contributed by atoms with Gasteiger partial charge in [0, 0.05) is 39.5 Å². The maximum absolute atomic E-state index is 13.4. The number of ether oxygens (including phenoxy) is 4. The lowest BCUT2D eigenvalue weighted by Gasteiger charge is -2.43. The number of carbonyl (C=O) groups is 3. The number of carbonyl (C=O) groups excluding carboxylic acids is 3. The van der Waals surface area contributed by atoms with E-state index in [4.69, 9.17) is 18.9 Å². The molecule has 226 valence electrons. The molecule has 2 aromatic carbocycles. The van der Waals surface area contributed by atoms with Crippen molar-refractivity contribution in [1.82, 2.24) is 9.80 Å². The van der Waals surface area contributed by atoms with Crippen LogP contribution >= 0.6 is 0 Å². The van der Waals surface area contributed by atoms with Gasteiger partial charge in [0.2, 0.25) is 5.60 Å². The van der Waals surface area contributed by atoms with Gasteiger partial charge in [-0.05, 0) is 35.4 Å². The highest BCUT2D eigenvalue weighted by molar-refractivity contribution is 6.31. The molecule has 0 aromatic heterocycles. The number of rotatable bonds is 6. The van der Waals surface area contributed by atoms with Crippen LogP contribution in [0.4, 0.5) is 31.1 Å². The number of benzene rings is 2. The van der Waals surface area contributed by atoms with Crippen molar-refractivity contribution in [3.63, 3.8) is 0 Å². The maximum Gasteiger partial charge on any atom is 0.422 e. The standard InChI is InChI=1S/C27H24F6N2O7/c1-34-23(38)42-24(27(34)40-21(36)22(37)41-27)8-10-35(11-9-24)12-13-39-20(16-4-2-6-18(14-16)25(28,29)30)17-5-3-7-19(15-17)26(31,32)33/h2-7,14-15,20H,8-13H2,1H3. The van der Waals surface area contributed by atoms with E-state index in [0.29, 0.717) is 0 Å². The third-order valence-corrected chi connectivity index (χ3v) is 7.59. The summed E-state index contributed by atoms with van der Waals surface area (Å²) in [5, 5.41) is 0. The van der Waals surface area contributed by atoms with Crippen molar-refractivity contribution in [2.75, 3.05) is 33.3 Å². The molecule has 0 aliphatic carbocycles. The van der Waals surface area contributed by atoms with E-state index in [1.54, 1.807) is 0 Å². The molecule has 0 saturated carbocycles. The minimum Gasteiger partial charge on any atom is -0.432 e. The Morgan fingerprint density at radius 3 is 1.81 bits per heavy atom.